The van der Waals surface area contributed by atoms with Crippen molar-refractivity contribution in [1.29, 1.82) is 0 Å². The van der Waals surface area contributed by atoms with Crippen molar-refractivity contribution in [3.8, 4) is 0 Å². The Balaban J connectivity index is 1.62. The molecule has 2 aromatic carbocycles. The largest absolute Gasteiger partial charge is 0.466 e. The average molecular weight is 442 g/mol. The van der Waals surface area contributed by atoms with Crippen molar-refractivity contribution in [2.75, 3.05) is 13.2 Å². The molecule has 166 valence electrons. The minimum Gasteiger partial charge on any atom is -0.466 e. The zero-order valence-electron chi connectivity index (χ0n) is 18.1. The molecule has 1 atom stereocenters. The van der Waals surface area contributed by atoms with Crippen LogP contribution in [0.1, 0.15) is 74.1 Å². The number of ether oxygens (including phenoxy) is 1. The third-order valence-corrected chi connectivity index (χ3v) is 8.51. The highest BCUT2D eigenvalue weighted by Crippen LogP contribution is 2.37. The summed E-state index contributed by atoms with van der Waals surface area (Å²) in [7, 11) is -3.74. The molecule has 31 heavy (non-hydrogen) atoms. The van der Waals surface area contributed by atoms with Gasteiger partial charge in [-0.3, -0.25) is 4.79 Å². The summed E-state index contributed by atoms with van der Waals surface area (Å²) < 4.78 is 33.9. The van der Waals surface area contributed by atoms with Gasteiger partial charge in [-0.25, -0.2) is 8.42 Å². The first kappa shape index (κ1) is 22.0. The maximum atomic E-state index is 13.6. The Morgan fingerprint density at radius 2 is 1.74 bits per heavy atom. The van der Waals surface area contributed by atoms with Crippen molar-refractivity contribution in [3.05, 3.63) is 65.2 Å². The van der Waals surface area contributed by atoms with E-state index in [4.69, 9.17) is 4.74 Å². The second-order valence-electron chi connectivity index (χ2n) is 8.49. The lowest BCUT2D eigenvalue weighted by Crippen LogP contribution is -2.41. The highest BCUT2D eigenvalue weighted by Gasteiger charge is 2.37. The Labute approximate surface area is 185 Å². The van der Waals surface area contributed by atoms with Crippen LogP contribution in [0.5, 0.6) is 0 Å². The molecule has 0 spiro atoms. The van der Waals surface area contributed by atoms with E-state index in [-0.39, 0.29) is 19.0 Å². The third-order valence-electron chi connectivity index (χ3n) is 6.59. The van der Waals surface area contributed by atoms with Crippen LogP contribution in [-0.4, -0.2) is 31.8 Å². The summed E-state index contributed by atoms with van der Waals surface area (Å²) in [5.41, 5.74) is 3.21. The first-order valence-corrected chi connectivity index (χ1v) is 12.8. The smallest absolute Gasteiger partial charge is 0.307 e. The molecular formula is C25H31NO4S. The Hall–Kier alpha value is -2.18. The van der Waals surface area contributed by atoms with Gasteiger partial charge in [-0.05, 0) is 60.9 Å². The van der Waals surface area contributed by atoms with Crippen LogP contribution in [-0.2, 0) is 26.0 Å². The van der Waals surface area contributed by atoms with Gasteiger partial charge in [0.2, 0.25) is 10.0 Å². The average Bonchev–Trinajstić information content (AvgIpc) is 2.80. The second kappa shape index (κ2) is 9.53. The van der Waals surface area contributed by atoms with Gasteiger partial charge in [0.25, 0.3) is 0 Å². The fraction of sp³-hybridized carbons (Fsp3) is 0.480. The minimum atomic E-state index is -3.74. The van der Waals surface area contributed by atoms with Crippen molar-refractivity contribution < 1.29 is 17.9 Å². The zero-order chi connectivity index (χ0) is 21.8. The summed E-state index contributed by atoms with van der Waals surface area (Å²) in [6, 6.07) is 14.7. The molecule has 1 fully saturated rings. The van der Waals surface area contributed by atoms with Gasteiger partial charge >= 0.3 is 5.97 Å². The molecular weight excluding hydrogens is 410 g/mol. The number of rotatable bonds is 6. The van der Waals surface area contributed by atoms with Gasteiger partial charge < -0.3 is 4.74 Å². The van der Waals surface area contributed by atoms with Crippen molar-refractivity contribution in [1.82, 2.24) is 4.31 Å². The number of hydrogen-bond acceptors (Lipinski definition) is 4. The van der Waals surface area contributed by atoms with Gasteiger partial charge in [-0.15, -0.1) is 0 Å². The van der Waals surface area contributed by atoms with E-state index < -0.39 is 16.1 Å². The van der Waals surface area contributed by atoms with Crippen LogP contribution in [0.2, 0.25) is 0 Å². The first-order valence-electron chi connectivity index (χ1n) is 11.4. The van der Waals surface area contributed by atoms with Crippen LogP contribution in [0.25, 0.3) is 0 Å². The van der Waals surface area contributed by atoms with E-state index in [2.05, 4.69) is 0 Å². The highest BCUT2D eigenvalue weighted by atomic mass is 32.2. The van der Waals surface area contributed by atoms with Gasteiger partial charge in [0.05, 0.1) is 24.0 Å². The number of carbonyl (C=O) groups excluding carboxylic acids is 1. The number of benzene rings is 2. The molecule has 0 saturated heterocycles. The molecule has 1 heterocycles. The highest BCUT2D eigenvalue weighted by molar-refractivity contribution is 7.89. The molecule has 1 aliphatic carbocycles. The van der Waals surface area contributed by atoms with Gasteiger partial charge in [-0.2, -0.15) is 4.31 Å². The van der Waals surface area contributed by atoms with Crippen LogP contribution in [0, 0.1) is 0 Å². The molecule has 6 heteroatoms. The molecule has 0 bridgehead atoms. The molecule has 0 N–H and O–H groups in total. The van der Waals surface area contributed by atoms with Gasteiger partial charge in [-0.1, -0.05) is 55.7 Å². The summed E-state index contributed by atoms with van der Waals surface area (Å²) in [5, 5.41) is 0. The Kier molecular flexibility index (Phi) is 6.77. The third kappa shape index (κ3) is 4.70. The molecule has 5 nitrogen and oxygen atoms in total. The minimum absolute atomic E-state index is 0.0181. The predicted molar refractivity (Wildman–Crippen MR) is 120 cm³/mol. The molecule has 0 aromatic heterocycles. The van der Waals surface area contributed by atoms with Crippen LogP contribution >= 0.6 is 0 Å². The molecule has 0 amide bonds. The monoisotopic (exact) mass is 441 g/mol. The van der Waals surface area contributed by atoms with E-state index >= 15 is 0 Å². The van der Waals surface area contributed by atoms with Crippen molar-refractivity contribution >= 4 is 16.0 Å². The zero-order valence-corrected chi connectivity index (χ0v) is 18.9. The number of carbonyl (C=O) groups is 1. The fourth-order valence-corrected chi connectivity index (χ4v) is 6.59. The maximum Gasteiger partial charge on any atom is 0.307 e. The van der Waals surface area contributed by atoms with Gasteiger partial charge in [0.15, 0.2) is 0 Å². The van der Waals surface area contributed by atoms with Crippen LogP contribution in [0.15, 0.2) is 53.4 Å². The van der Waals surface area contributed by atoms with Crippen LogP contribution < -0.4 is 0 Å². The summed E-state index contributed by atoms with van der Waals surface area (Å²) in [5.74, 6) is 0.154. The van der Waals surface area contributed by atoms with E-state index in [1.165, 1.54) is 42.0 Å². The summed E-state index contributed by atoms with van der Waals surface area (Å²) in [6.45, 7) is 2.39. The SMILES string of the molecule is CCOC(=O)C[C@H]1c2ccccc2CCN1S(=O)(=O)c1ccc(C2CCCCC2)cc1. The van der Waals surface area contributed by atoms with E-state index in [0.717, 1.165) is 11.1 Å². The topological polar surface area (TPSA) is 63.7 Å². The summed E-state index contributed by atoms with van der Waals surface area (Å²) in [6.07, 6.45) is 6.79. The molecule has 4 rings (SSSR count). The van der Waals surface area contributed by atoms with Gasteiger partial charge in [0, 0.05) is 6.54 Å². The molecule has 1 saturated carbocycles. The quantitative estimate of drug-likeness (QED) is 0.594. The lowest BCUT2D eigenvalue weighted by molar-refractivity contribution is -0.144. The molecule has 1 aliphatic heterocycles. The van der Waals surface area contributed by atoms with Crippen LogP contribution in [0.4, 0.5) is 0 Å². The lowest BCUT2D eigenvalue weighted by Gasteiger charge is -2.36. The Bertz CT molecular complexity index is 1010. The van der Waals surface area contributed by atoms with Crippen molar-refractivity contribution in [2.45, 2.75) is 68.7 Å². The predicted octanol–water partition coefficient (Wildman–Crippen LogP) is 4.98. The normalized spacial score (nSPS) is 20.2. The van der Waals surface area contributed by atoms with E-state index in [0.29, 0.717) is 23.8 Å². The number of nitrogens with zero attached hydrogens (tertiary/aromatic N) is 1. The van der Waals surface area contributed by atoms with Gasteiger partial charge in [0.1, 0.15) is 0 Å². The Morgan fingerprint density at radius 3 is 2.45 bits per heavy atom. The molecule has 0 unspecified atom stereocenters. The molecule has 0 radical (unpaired) electrons. The summed E-state index contributed by atoms with van der Waals surface area (Å²) >= 11 is 0. The van der Waals surface area contributed by atoms with E-state index in [1.54, 1.807) is 19.1 Å². The number of sulfonamides is 1. The fourth-order valence-electron chi connectivity index (χ4n) is 4.99. The lowest BCUT2D eigenvalue weighted by atomic mass is 9.84. The standard InChI is InChI=1S/C25H31NO4S/c1-2-30-25(27)18-24-23-11-7-6-10-21(23)16-17-26(24)31(28,29)22-14-12-20(13-15-22)19-8-4-3-5-9-19/h6-7,10-15,19,24H,2-5,8-9,16-18H2,1H3/t24-/m0/s1. The van der Waals surface area contributed by atoms with Crippen LogP contribution in [0.3, 0.4) is 0 Å². The second-order valence-corrected chi connectivity index (χ2v) is 10.4. The Morgan fingerprint density at radius 1 is 1.03 bits per heavy atom. The first-order chi connectivity index (χ1) is 15.0. The number of hydrogen-bond donors (Lipinski definition) is 0. The van der Waals surface area contributed by atoms with E-state index in [9.17, 15) is 13.2 Å². The maximum absolute atomic E-state index is 13.6. The number of esters is 1. The summed E-state index contributed by atoms with van der Waals surface area (Å²) in [4.78, 5) is 12.6. The number of fused-ring (bicyclic) bond motifs is 1. The molecule has 2 aromatic rings. The van der Waals surface area contributed by atoms with Crippen molar-refractivity contribution in [3.63, 3.8) is 0 Å². The van der Waals surface area contributed by atoms with Crippen molar-refractivity contribution in [2.24, 2.45) is 0 Å². The van der Waals surface area contributed by atoms with E-state index in [1.807, 2.05) is 36.4 Å². The molecule has 2 aliphatic rings.